The van der Waals surface area contributed by atoms with Crippen LogP contribution in [0.2, 0.25) is 0 Å². The first-order valence-electron chi connectivity index (χ1n) is 8.49. The first-order chi connectivity index (χ1) is 13.7. The third-order valence-corrected chi connectivity index (χ3v) is 5.87. The van der Waals surface area contributed by atoms with Crippen LogP contribution in [-0.4, -0.2) is 30.2 Å². The summed E-state index contributed by atoms with van der Waals surface area (Å²) < 4.78 is 30.5. The maximum Gasteiger partial charge on any atom is 0.339 e. The average Bonchev–Trinajstić information content (AvgIpc) is 2.67. The van der Waals surface area contributed by atoms with Gasteiger partial charge in [0.2, 0.25) is 5.78 Å². The highest BCUT2D eigenvalue weighted by Crippen LogP contribution is 2.41. The number of carbonyl (C=O) groups is 2. The molecule has 0 fully saturated rings. The van der Waals surface area contributed by atoms with Gasteiger partial charge in [0.25, 0.3) is 0 Å². The van der Waals surface area contributed by atoms with Crippen LogP contribution < -0.4 is 4.18 Å². The van der Waals surface area contributed by atoms with Crippen molar-refractivity contribution in [2.75, 3.05) is 0 Å². The molecule has 0 aliphatic heterocycles. The zero-order valence-corrected chi connectivity index (χ0v) is 15.9. The molecule has 146 valence electrons. The summed E-state index contributed by atoms with van der Waals surface area (Å²) >= 11 is 0. The third-order valence-electron chi connectivity index (χ3n) is 4.62. The van der Waals surface area contributed by atoms with Crippen LogP contribution in [0.1, 0.15) is 37.4 Å². The number of hydrogen-bond acceptors (Lipinski definition) is 7. The van der Waals surface area contributed by atoms with E-state index in [-0.39, 0.29) is 27.3 Å². The first kappa shape index (κ1) is 18.7. The van der Waals surface area contributed by atoms with E-state index in [4.69, 9.17) is 4.18 Å². The molecule has 0 unspecified atom stereocenters. The molecule has 0 saturated heterocycles. The topological polar surface area (TPSA) is 118 Å². The fourth-order valence-electron chi connectivity index (χ4n) is 3.20. The van der Waals surface area contributed by atoms with Crippen LogP contribution in [0.3, 0.4) is 0 Å². The van der Waals surface area contributed by atoms with Crippen LogP contribution >= 0.6 is 0 Å². The van der Waals surface area contributed by atoms with Gasteiger partial charge in [-0.25, -0.2) is 0 Å². The lowest BCUT2D eigenvalue weighted by Crippen LogP contribution is -2.23. The second kappa shape index (κ2) is 6.46. The van der Waals surface area contributed by atoms with Gasteiger partial charge in [0.1, 0.15) is 16.4 Å². The molecule has 3 aromatic carbocycles. The second-order valence-electron chi connectivity index (χ2n) is 6.54. The Labute approximate surface area is 165 Å². The summed E-state index contributed by atoms with van der Waals surface area (Å²) in [4.78, 5) is 25.7. The minimum Gasteiger partial charge on any atom is -0.507 e. The van der Waals surface area contributed by atoms with E-state index in [1.807, 2.05) is 0 Å². The van der Waals surface area contributed by atoms with E-state index < -0.39 is 38.7 Å². The minimum atomic E-state index is -4.30. The van der Waals surface area contributed by atoms with Crippen LogP contribution in [0, 0.1) is 6.92 Å². The van der Waals surface area contributed by atoms with Crippen LogP contribution in [0.5, 0.6) is 17.2 Å². The molecular formula is C21H14O7S. The molecule has 0 spiro atoms. The molecule has 0 atom stereocenters. The van der Waals surface area contributed by atoms with Gasteiger partial charge in [-0.1, -0.05) is 29.8 Å². The van der Waals surface area contributed by atoms with Crippen molar-refractivity contribution in [1.82, 2.24) is 0 Å². The predicted molar refractivity (Wildman–Crippen MR) is 102 cm³/mol. The number of phenols is 2. The van der Waals surface area contributed by atoms with E-state index >= 15 is 0 Å². The molecule has 4 rings (SSSR count). The Balaban J connectivity index is 1.88. The molecule has 0 heterocycles. The monoisotopic (exact) mass is 410 g/mol. The van der Waals surface area contributed by atoms with Gasteiger partial charge in [-0.05, 0) is 37.3 Å². The predicted octanol–water partition coefficient (Wildman–Crippen LogP) is 2.95. The number of carbonyl (C=O) groups excluding carboxylic acids is 2. The molecule has 0 amide bonds. The summed E-state index contributed by atoms with van der Waals surface area (Å²) in [6.07, 6.45) is 0. The lowest BCUT2D eigenvalue weighted by atomic mass is 9.82. The summed E-state index contributed by atoms with van der Waals surface area (Å²) in [5, 5.41) is 20.2. The molecule has 29 heavy (non-hydrogen) atoms. The number of aromatic hydroxyl groups is 2. The Morgan fingerprint density at radius 1 is 0.759 bits per heavy atom. The Morgan fingerprint density at radius 2 is 1.41 bits per heavy atom. The van der Waals surface area contributed by atoms with Crippen molar-refractivity contribution in [1.29, 1.82) is 0 Å². The van der Waals surface area contributed by atoms with Crippen LogP contribution in [-0.2, 0) is 10.1 Å². The largest absolute Gasteiger partial charge is 0.507 e. The second-order valence-corrected chi connectivity index (χ2v) is 8.09. The van der Waals surface area contributed by atoms with E-state index in [2.05, 4.69) is 0 Å². The van der Waals surface area contributed by atoms with Gasteiger partial charge >= 0.3 is 10.1 Å². The molecule has 3 aromatic rings. The van der Waals surface area contributed by atoms with Crippen molar-refractivity contribution in [2.45, 2.75) is 11.8 Å². The molecule has 0 bridgehead atoms. The summed E-state index contributed by atoms with van der Waals surface area (Å²) in [5.41, 5.74) is -0.294. The fourth-order valence-corrected chi connectivity index (χ4v) is 4.14. The Hall–Kier alpha value is -3.65. The SMILES string of the molecule is Cc1ccc(S(=O)(=O)Oc2ccc(O)c3c2C(=O)c2cccc(O)c2C3=O)cc1. The number of aryl methyl sites for hydroxylation is 1. The molecule has 0 aromatic heterocycles. The van der Waals surface area contributed by atoms with Gasteiger partial charge in [0, 0.05) is 5.56 Å². The lowest BCUT2D eigenvalue weighted by molar-refractivity contribution is 0.0972. The molecule has 1 aliphatic rings. The molecule has 2 N–H and O–H groups in total. The zero-order chi connectivity index (χ0) is 20.9. The normalized spacial score (nSPS) is 13.0. The first-order valence-corrected chi connectivity index (χ1v) is 9.90. The number of ketones is 2. The number of hydrogen-bond donors (Lipinski definition) is 2. The van der Waals surface area contributed by atoms with Crippen molar-refractivity contribution in [2.24, 2.45) is 0 Å². The van der Waals surface area contributed by atoms with E-state index in [1.54, 1.807) is 19.1 Å². The third kappa shape index (κ3) is 2.94. The number of fused-ring (bicyclic) bond motifs is 2. The highest BCUT2D eigenvalue weighted by Gasteiger charge is 2.37. The maximum absolute atomic E-state index is 13.0. The van der Waals surface area contributed by atoms with Crippen LogP contribution in [0.4, 0.5) is 0 Å². The van der Waals surface area contributed by atoms with Crippen LogP contribution in [0.25, 0.3) is 0 Å². The number of phenolic OH excluding ortho intramolecular Hbond substituents is 2. The standard InChI is InChI=1S/C21H14O7S/c1-11-5-7-12(8-6-11)29(26,27)28-16-10-9-15(23)18-19(16)20(24)13-3-2-4-14(22)17(13)21(18)25/h2-10,22-23H,1H3. The van der Waals surface area contributed by atoms with Crippen molar-refractivity contribution in [3.8, 4) is 17.2 Å². The lowest BCUT2D eigenvalue weighted by Gasteiger charge is -2.21. The molecule has 0 radical (unpaired) electrons. The zero-order valence-electron chi connectivity index (χ0n) is 15.0. The van der Waals surface area contributed by atoms with E-state index in [0.29, 0.717) is 0 Å². The Kier molecular flexibility index (Phi) is 4.16. The molecule has 0 saturated carbocycles. The summed E-state index contributed by atoms with van der Waals surface area (Å²) in [6.45, 7) is 1.80. The van der Waals surface area contributed by atoms with Gasteiger partial charge in [0.15, 0.2) is 11.5 Å². The summed E-state index contributed by atoms with van der Waals surface area (Å²) in [5.74, 6) is -2.86. The highest BCUT2D eigenvalue weighted by molar-refractivity contribution is 7.87. The summed E-state index contributed by atoms with van der Waals surface area (Å²) in [7, 11) is -4.30. The highest BCUT2D eigenvalue weighted by atomic mass is 32.2. The smallest absolute Gasteiger partial charge is 0.339 e. The van der Waals surface area contributed by atoms with Crippen LogP contribution in [0.15, 0.2) is 59.5 Å². The minimum absolute atomic E-state index is 0.106. The average molecular weight is 410 g/mol. The van der Waals surface area contributed by atoms with Crippen molar-refractivity contribution in [3.63, 3.8) is 0 Å². The number of benzene rings is 3. The Morgan fingerprint density at radius 3 is 2.10 bits per heavy atom. The Bertz CT molecular complexity index is 1290. The molecule has 8 heteroatoms. The van der Waals surface area contributed by atoms with E-state index in [0.717, 1.165) is 17.7 Å². The van der Waals surface area contributed by atoms with Gasteiger partial charge in [-0.2, -0.15) is 8.42 Å². The molecular weight excluding hydrogens is 396 g/mol. The summed E-state index contributed by atoms with van der Waals surface area (Å²) in [6, 6.07) is 12.0. The van der Waals surface area contributed by atoms with Crippen molar-refractivity contribution >= 4 is 21.7 Å². The maximum atomic E-state index is 13.0. The fraction of sp³-hybridized carbons (Fsp3) is 0.0476. The van der Waals surface area contributed by atoms with Gasteiger partial charge < -0.3 is 14.4 Å². The van der Waals surface area contributed by atoms with Gasteiger partial charge in [-0.3, -0.25) is 9.59 Å². The van der Waals surface area contributed by atoms with E-state index in [1.165, 1.54) is 30.3 Å². The van der Waals surface area contributed by atoms with Gasteiger partial charge in [0.05, 0.1) is 16.7 Å². The van der Waals surface area contributed by atoms with Gasteiger partial charge in [-0.15, -0.1) is 0 Å². The molecule has 7 nitrogen and oxygen atoms in total. The van der Waals surface area contributed by atoms with Crippen molar-refractivity contribution in [3.05, 3.63) is 82.4 Å². The van der Waals surface area contributed by atoms with E-state index in [9.17, 15) is 28.2 Å². The molecule has 1 aliphatic carbocycles. The number of rotatable bonds is 3. The van der Waals surface area contributed by atoms with Crippen molar-refractivity contribution < 1.29 is 32.4 Å². The quantitative estimate of drug-likeness (QED) is 0.499.